The molecule has 4 atom stereocenters. The minimum Gasteiger partial charge on any atom is -0.482 e. The normalized spacial score (nSPS) is 15.5. The molecule has 1 amide bonds. The third-order valence-electron chi connectivity index (χ3n) is 4.08. The molecule has 170 valence electrons. The summed E-state index contributed by atoms with van der Waals surface area (Å²) in [6.45, 7) is 10.3. The number of rotatable bonds is 9. The van der Waals surface area contributed by atoms with Crippen molar-refractivity contribution in [1.82, 2.24) is 5.32 Å². The maximum Gasteiger partial charge on any atom is 0.408 e. The zero-order valence-electron chi connectivity index (χ0n) is 18.5. The Morgan fingerprint density at radius 2 is 1.80 bits per heavy atom. The highest BCUT2D eigenvalue weighted by Gasteiger charge is 2.33. The second-order valence-electron chi connectivity index (χ2n) is 7.85. The van der Waals surface area contributed by atoms with E-state index in [1.165, 1.54) is 6.92 Å². The highest BCUT2D eigenvalue weighted by Crippen LogP contribution is 2.30. The Balaban J connectivity index is 2.87. The van der Waals surface area contributed by atoms with Crippen LogP contribution in [0.2, 0.25) is 10.0 Å². The molecule has 0 saturated heterocycles. The molecule has 1 aromatic rings. The monoisotopic (exact) mass is 463 g/mol. The molecule has 1 aromatic carbocycles. The van der Waals surface area contributed by atoms with Crippen LogP contribution in [-0.4, -0.2) is 49.1 Å². The molecule has 0 fully saturated rings. The lowest BCUT2D eigenvalue weighted by molar-refractivity contribution is -0.159. The lowest BCUT2D eigenvalue weighted by Crippen LogP contribution is -2.47. The highest BCUT2D eigenvalue weighted by atomic mass is 35.5. The summed E-state index contributed by atoms with van der Waals surface area (Å²) in [5.41, 5.74) is -0.676. The molecular formula is C21H31Cl2NO6. The van der Waals surface area contributed by atoms with Crippen molar-refractivity contribution in [3.05, 3.63) is 28.2 Å². The molecule has 0 saturated carbocycles. The lowest BCUT2D eigenvalue weighted by Gasteiger charge is -2.31. The number of nitrogens with one attached hydrogen (secondary N) is 1. The Morgan fingerprint density at radius 1 is 1.17 bits per heavy atom. The second-order valence-corrected chi connectivity index (χ2v) is 8.69. The van der Waals surface area contributed by atoms with Gasteiger partial charge in [0, 0.05) is 12.1 Å². The van der Waals surface area contributed by atoms with Gasteiger partial charge in [0.05, 0.1) is 11.1 Å². The van der Waals surface area contributed by atoms with E-state index in [0.717, 1.165) is 0 Å². The number of esters is 1. The summed E-state index contributed by atoms with van der Waals surface area (Å²) >= 11 is 12.2. The van der Waals surface area contributed by atoms with E-state index in [-0.39, 0.29) is 6.10 Å². The van der Waals surface area contributed by atoms with Gasteiger partial charge in [-0.15, -0.1) is 0 Å². The number of hydrogen-bond donors (Lipinski definition) is 1. The van der Waals surface area contributed by atoms with Crippen molar-refractivity contribution in [2.24, 2.45) is 0 Å². The van der Waals surface area contributed by atoms with Gasteiger partial charge in [-0.2, -0.15) is 0 Å². The second kappa shape index (κ2) is 11.6. The summed E-state index contributed by atoms with van der Waals surface area (Å²) in [5, 5.41) is 3.27. The molecule has 0 aliphatic rings. The summed E-state index contributed by atoms with van der Waals surface area (Å²) < 4.78 is 22.2. The molecule has 2 unspecified atom stereocenters. The average Bonchev–Trinajstić information content (AvgIpc) is 2.61. The van der Waals surface area contributed by atoms with Crippen molar-refractivity contribution in [2.75, 3.05) is 7.11 Å². The third-order valence-corrected chi connectivity index (χ3v) is 4.61. The van der Waals surface area contributed by atoms with Gasteiger partial charge in [-0.05, 0) is 59.2 Å². The van der Waals surface area contributed by atoms with Crippen LogP contribution in [-0.2, 0) is 19.0 Å². The highest BCUT2D eigenvalue weighted by molar-refractivity contribution is 6.35. The van der Waals surface area contributed by atoms with Crippen LogP contribution in [0.15, 0.2) is 18.2 Å². The standard InChI is InChI=1S/C21H31Cl2NO6/c1-8-16(27-7)18(29-17-10-9-14(22)11-15(17)23)13(3)28-19(25)12(2)24-20(26)30-21(4,5)6/h9-13,16,18H,8H2,1-7H3,(H,24,26)/t12-,13?,16?,18-/m0/s1. The van der Waals surface area contributed by atoms with Crippen LogP contribution in [0.1, 0.15) is 48.0 Å². The van der Waals surface area contributed by atoms with E-state index in [4.69, 9.17) is 42.1 Å². The number of amides is 1. The maximum atomic E-state index is 12.5. The Hall–Kier alpha value is -1.70. The van der Waals surface area contributed by atoms with E-state index >= 15 is 0 Å². The zero-order valence-corrected chi connectivity index (χ0v) is 20.0. The van der Waals surface area contributed by atoms with Gasteiger partial charge in [-0.25, -0.2) is 9.59 Å². The van der Waals surface area contributed by atoms with Crippen LogP contribution < -0.4 is 10.1 Å². The number of ether oxygens (including phenoxy) is 4. The molecule has 1 N–H and O–H groups in total. The van der Waals surface area contributed by atoms with Crippen LogP contribution in [0, 0.1) is 0 Å². The van der Waals surface area contributed by atoms with E-state index in [1.54, 1.807) is 53.0 Å². The summed E-state index contributed by atoms with van der Waals surface area (Å²) in [6, 6.07) is 3.94. The van der Waals surface area contributed by atoms with E-state index in [9.17, 15) is 9.59 Å². The van der Waals surface area contributed by atoms with Crippen molar-refractivity contribution >= 4 is 35.3 Å². The van der Waals surface area contributed by atoms with Gasteiger partial charge in [-0.3, -0.25) is 0 Å². The van der Waals surface area contributed by atoms with Crippen LogP contribution in [0.25, 0.3) is 0 Å². The van der Waals surface area contributed by atoms with Crippen molar-refractivity contribution in [1.29, 1.82) is 0 Å². The van der Waals surface area contributed by atoms with Gasteiger partial charge in [0.1, 0.15) is 23.5 Å². The van der Waals surface area contributed by atoms with E-state index in [1.807, 2.05) is 6.92 Å². The Labute approximate surface area is 188 Å². The van der Waals surface area contributed by atoms with Crippen molar-refractivity contribution in [3.8, 4) is 5.75 Å². The average molecular weight is 464 g/mol. The predicted octanol–water partition coefficient (Wildman–Crippen LogP) is 5.01. The molecule has 0 heterocycles. The quantitative estimate of drug-likeness (QED) is 0.518. The number of hydrogen-bond acceptors (Lipinski definition) is 6. The fraction of sp³-hybridized carbons (Fsp3) is 0.619. The molecule has 1 rings (SSSR count). The first-order chi connectivity index (χ1) is 13.9. The molecule has 0 aliphatic carbocycles. The summed E-state index contributed by atoms with van der Waals surface area (Å²) in [5.74, 6) is -0.237. The maximum absolute atomic E-state index is 12.5. The predicted molar refractivity (Wildman–Crippen MR) is 116 cm³/mol. The molecule has 0 spiro atoms. The SMILES string of the molecule is CCC(OC)[C@@H](Oc1ccc(Cl)cc1Cl)C(C)OC(=O)[C@H](C)NC(=O)OC(C)(C)C. The molecule has 0 bridgehead atoms. The molecule has 0 aliphatic heterocycles. The van der Waals surface area contributed by atoms with Gasteiger partial charge in [-0.1, -0.05) is 30.1 Å². The van der Waals surface area contributed by atoms with Crippen LogP contribution in [0.3, 0.4) is 0 Å². The largest absolute Gasteiger partial charge is 0.482 e. The van der Waals surface area contributed by atoms with E-state index in [2.05, 4.69) is 5.32 Å². The molecular weight excluding hydrogens is 433 g/mol. The number of carbonyl (C=O) groups is 2. The first kappa shape index (κ1) is 26.3. The lowest BCUT2D eigenvalue weighted by atomic mass is 10.1. The van der Waals surface area contributed by atoms with Gasteiger partial charge in [0.15, 0.2) is 6.10 Å². The Morgan fingerprint density at radius 3 is 2.30 bits per heavy atom. The van der Waals surface area contributed by atoms with Crippen LogP contribution in [0.5, 0.6) is 5.75 Å². The summed E-state index contributed by atoms with van der Waals surface area (Å²) in [6.07, 6.45) is -1.80. The fourth-order valence-corrected chi connectivity index (χ4v) is 3.07. The first-order valence-electron chi connectivity index (χ1n) is 9.72. The molecule has 0 radical (unpaired) electrons. The number of alkyl carbamates (subject to hydrolysis) is 1. The molecule has 7 nitrogen and oxygen atoms in total. The number of halogens is 2. The number of benzene rings is 1. The number of methoxy groups -OCH3 is 1. The number of carbonyl (C=O) groups excluding carboxylic acids is 2. The van der Waals surface area contributed by atoms with Crippen LogP contribution in [0.4, 0.5) is 4.79 Å². The summed E-state index contributed by atoms with van der Waals surface area (Å²) in [7, 11) is 1.55. The molecule has 9 heteroatoms. The van der Waals surface area contributed by atoms with Crippen molar-refractivity contribution in [2.45, 2.75) is 77.9 Å². The van der Waals surface area contributed by atoms with Gasteiger partial charge in [0.2, 0.25) is 0 Å². The van der Waals surface area contributed by atoms with Crippen molar-refractivity contribution in [3.63, 3.8) is 0 Å². The smallest absolute Gasteiger partial charge is 0.408 e. The minimum atomic E-state index is -0.912. The van der Waals surface area contributed by atoms with Gasteiger partial charge < -0.3 is 24.3 Å². The summed E-state index contributed by atoms with van der Waals surface area (Å²) in [4.78, 5) is 24.4. The van der Waals surface area contributed by atoms with Gasteiger partial charge in [0.25, 0.3) is 0 Å². The fourth-order valence-electron chi connectivity index (χ4n) is 2.62. The minimum absolute atomic E-state index is 0.331. The van der Waals surface area contributed by atoms with Crippen LogP contribution >= 0.6 is 23.2 Å². The molecule has 30 heavy (non-hydrogen) atoms. The first-order valence-corrected chi connectivity index (χ1v) is 10.5. The van der Waals surface area contributed by atoms with E-state index in [0.29, 0.717) is 22.2 Å². The van der Waals surface area contributed by atoms with E-state index < -0.39 is 35.9 Å². The zero-order chi connectivity index (χ0) is 23.1. The Kier molecular flexibility index (Phi) is 10.2. The van der Waals surface area contributed by atoms with Crippen molar-refractivity contribution < 1.29 is 28.5 Å². The Bertz CT molecular complexity index is 718. The third kappa shape index (κ3) is 8.58. The van der Waals surface area contributed by atoms with Gasteiger partial charge >= 0.3 is 12.1 Å². The molecule has 0 aromatic heterocycles. The topological polar surface area (TPSA) is 83.1 Å².